The smallest absolute Gasteiger partial charge is 0.233 e. The molecule has 0 saturated heterocycles. The molecule has 0 bridgehead atoms. The summed E-state index contributed by atoms with van der Waals surface area (Å²) in [4.78, 5) is 0. The Morgan fingerprint density at radius 1 is 1.35 bits per heavy atom. The maximum Gasteiger partial charge on any atom is 0.233 e. The number of anilines is 1. The van der Waals surface area contributed by atoms with Gasteiger partial charge in [-0.2, -0.15) is 0 Å². The molecule has 1 unspecified atom stereocenters. The van der Waals surface area contributed by atoms with Crippen molar-refractivity contribution in [2.45, 2.75) is 6.92 Å². The highest BCUT2D eigenvalue weighted by molar-refractivity contribution is 7.92. The van der Waals surface area contributed by atoms with Crippen LogP contribution in [-0.2, 0) is 10.0 Å². The average molecular weight is 317 g/mol. The molecule has 0 aliphatic heterocycles. The van der Waals surface area contributed by atoms with Crippen LogP contribution in [0.25, 0.3) is 0 Å². The SMILES string of the molecule is CC(CCl)CS(=O)(=O)Nc1ccc(Cl)cc1Cl. The van der Waals surface area contributed by atoms with Crippen LogP contribution in [0.4, 0.5) is 5.69 Å². The van der Waals surface area contributed by atoms with Gasteiger partial charge in [0.25, 0.3) is 0 Å². The van der Waals surface area contributed by atoms with Crippen LogP contribution in [0.5, 0.6) is 0 Å². The predicted octanol–water partition coefficient (Wildman–Crippen LogP) is 3.61. The van der Waals surface area contributed by atoms with Crippen molar-refractivity contribution in [3.05, 3.63) is 28.2 Å². The lowest BCUT2D eigenvalue weighted by atomic mass is 10.3. The van der Waals surface area contributed by atoms with E-state index < -0.39 is 10.0 Å². The molecular weight excluding hydrogens is 305 g/mol. The Bertz CT molecular complexity index is 490. The second kappa shape index (κ2) is 6.14. The summed E-state index contributed by atoms with van der Waals surface area (Å²) in [5.74, 6) is 0.116. The highest BCUT2D eigenvalue weighted by atomic mass is 35.5. The number of sulfonamides is 1. The summed E-state index contributed by atoms with van der Waals surface area (Å²) in [6.07, 6.45) is 0. The predicted molar refractivity (Wildman–Crippen MR) is 73.8 cm³/mol. The monoisotopic (exact) mass is 315 g/mol. The van der Waals surface area contributed by atoms with Gasteiger partial charge in [0.2, 0.25) is 10.0 Å². The zero-order valence-electron chi connectivity index (χ0n) is 9.08. The quantitative estimate of drug-likeness (QED) is 0.844. The van der Waals surface area contributed by atoms with Crippen LogP contribution in [-0.4, -0.2) is 20.1 Å². The van der Waals surface area contributed by atoms with E-state index in [1.807, 2.05) is 0 Å². The standard InChI is InChI=1S/C10H12Cl3NO2S/c1-7(5-11)6-17(15,16)14-10-3-2-8(12)4-9(10)13/h2-4,7,14H,5-6H2,1H3. The van der Waals surface area contributed by atoms with Gasteiger partial charge in [-0.15, -0.1) is 11.6 Å². The summed E-state index contributed by atoms with van der Waals surface area (Å²) in [5.41, 5.74) is 0.317. The molecule has 1 rings (SSSR count). The molecule has 0 heterocycles. The van der Waals surface area contributed by atoms with Crippen molar-refractivity contribution < 1.29 is 8.42 Å². The van der Waals surface area contributed by atoms with Gasteiger partial charge >= 0.3 is 0 Å². The van der Waals surface area contributed by atoms with E-state index in [0.29, 0.717) is 10.7 Å². The maximum absolute atomic E-state index is 11.7. The van der Waals surface area contributed by atoms with Gasteiger partial charge in [0.1, 0.15) is 0 Å². The van der Waals surface area contributed by atoms with Gasteiger partial charge in [0, 0.05) is 10.9 Å². The zero-order chi connectivity index (χ0) is 13.1. The molecule has 1 N–H and O–H groups in total. The summed E-state index contributed by atoms with van der Waals surface area (Å²) < 4.78 is 25.9. The molecule has 96 valence electrons. The number of rotatable bonds is 5. The molecular formula is C10H12Cl3NO2S. The molecule has 0 aromatic heterocycles. The molecule has 3 nitrogen and oxygen atoms in total. The maximum atomic E-state index is 11.7. The third-order valence-electron chi connectivity index (χ3n) is 1.96. The zero-order valence-corrected chi connectivity index (χ0v) is 12.2. The van der Waals surface area contributed by atoms with Crippen molar-refractivity contribution in [3.63, 3.8) is 0 Å². The molecule has 0 aliphatic carbocycles. The number of benzene rings is 1. The van der Waals surface area contributed by atoms with Crippen LogP contribution in [0, 0.1) is 5.92 Å². The van der Waals surface area contributed by atoms with E-state index in [1.165, 1.54) is 12.1 Å². The first-order valence-corrected chi connectivity index (χ1v) is 7.80. The van der Waals surface area contributed by atoms with Crippen molar-refractivity contribution in [3.8, 4) is 0 Å². The molecule has 0 saturated carbocycles. The van der Waals surface area contributed by atoms with Crippen LogP contribution in [0.3, 0.4) is 0 Å². The van der Waals surface area contributed by atoms with E-state index in [2.05, 4.69) is 4.72 Å². The number of hydrogen-bond donors (Lipinski definition) is 1. The summed E-state index contributed by atoms with van der Waals surface area (Å²) in [6.45, 7) is 1.76. The van der Waals surface area contributed by atoms with Crippen molar-refractivity contribution >= 4 is 50.5 Å². The molecule has 0 aliphatic rings. The van der Waals surface area contributed by atoms with E-state index in [0.717, 1.165) is 0 Å². The van der Waals surface area contributed by atoms with E-state index in [9.17, 15) is 8.42 Å². The lowest BCUT2D eigenvalue weighted by Gasteiger charge is -2.12. The molecule has 1 atom stereocenters. The summed E-state index contributed by atoms with van der Waals surface area (Å²) in [6, 6.07) is 4.57. The van der Waals surface area contributed by atoms with Gasteiger partial charge in [0.15, 0.2) is 0 Å². The van der Waals surface area contributed by atoms with Crippen LogP contribution < -0.4 is 4.72 Å². The van der Waals surface area contributed by atoms with E-state index in [4.69, 9.17) is 34.8 Å². The second-order valence-electron chi connectivity index (χ2n) is 3.77. The van der Waals surface area contributed by atoms with Gasteiger partial charge in [-0.1, -0.05) is 30.1 Å². The van der Waals surface area contributed by atoms with Gasteiger partial charge in [-0.05, 0) is 24.1 Å². The van der Waals surface area contributed by atoms with Crippen LogP contribution in [0.15, 0.2) is 18.2 Å². The molecule has 17 heavy (non-hydrogen) atoms. The molecule has 7 heteroatoms. The van der Waals surface area contributed by atoms with Gasteiger partial charge in [-0.3, -0.25) is 4.72 Å². The fourth-order valence-electron chi connectivity index (χ4n) is 1.20. The highest BCUT2D eigenvalue weighted by Gasteiger charge is 2.16. The van der Waals surface area contributed by atoms with Gasteiger partial charge in [0.05, 0.1) is 16.5 Å². The van der Waals surface area contributed by atoms with Gasteiger partial charge in [-0.25, -0.2) is 8.42 Å². The number of hydrogen-bond acceptors (Lipinski definition) is 2. The minimum absolute atomic E-state index is 0.0462. The molecule has 1 aromatic rings. The Hall–Kier alpha value is -0.160. The lowest BCUT2D eigenvalue weighted by Crippen LogP contribution is -2.22. The Morgan fingerprint density at radius 2 is 2.00 bits per heavy atom. The molecule has 0 spiro atoms. The summed E-state index contributed by atoms with van der Waals surface area (Å²) >= 11 is 17.2. The molecule has 0 radical (unpaired) electrons. The first kappa shape index (κ1) is 14.9. The van der Waals surface area contributed by atoms with Crippen LogP contribution in [0.1, 0.15) is 6.92 Å². The average Bonchev–Trinajstić information content (AvgIpc) is 2.21. The molecule has 0 amide bonds. The number of halogens is 3. The highest BCUT2D eigenvalue weighted by Crippen LogP contribution is 2.26. The third kappa shape index (κ3) is 4.92. The minimum atomic E-state index is -3.44. The third-order valence-corrected chi connectivity index (χ3v) is 4.58. The first-order chi connectivity index (χ1) is 7.84. The Kier molecular flexibility index (Phi) is 5.38. The van der Waals surface area contributed by atoms with E-state index >= 15 is 0 Å². The Balaban J connectivity index is 2.83. The molecule has 0 fully saturated rings. The topological polar surface area (TPSA) is 46.2 Å². The van der Waals surface area contributed by atoms with Crippen molar-refractivity contribution in [1.82, 2.24) is 0 Å². The number of alkyl halides is 1. The minimum Gasteiger partial charge on any atom is -0.282 e. The molecule has 1 aromatic carbocycles. The number of nitrogens with one attached hydrogen (secondary N) is 1. The largest absolute Gasteiger partial charge is 0.282 e. The fourth-order valence-corrected chi connectivity index (χ4v) is 3.41. The summed E-state index contributed by atoms with van der Waals surface area (Å²) in [7, 11) is -3.44. The second-order valence-corrected chi connectivity index (χ2v) is 6.69. The summed E-state index contributed by atoms with van der Waals surface area (Å²) in [5, 5.41) is 0.715. The Labute approximate surface area is 116 Å². The van der Waals surface area contributed by atoms with Crippen molar-refractivity contribution in [2.24, 2.45) is 5.92 Å². The van der Waals surface area contributed by atoms with Gasteiger partial charge < -0.3 is 0 Å². The van der Waals surface area contributed by atoms with Crippen LogP contribution >= 0.6 is 34.8 Å². The van der Waals surface area contributed by atoms with Crippen molar-refractivity contribution in [2.75, 3.05) is 16.4 Å². The van der Waals surface area contributed by atoms with Crippen molar-refractivity contribution in [1.29, 1.82) is 0 Å². The Morgan fingerprint density at radius 3 is 2.53 bits per heavy atom. The normalized spacial score (nSPS) is 13.4. The van der Waals surface area contributed by atoms with Crippen LogP contribution in [0.2, 0.25) is 10.0 Å². The van der Waals surface area contributed by atoms with E-state index in [1.54, 1.807) is 13.0 Å². The lowest BCUT2D eigenvalue weighted by molar-refractivity contribution is 0.588. The first-order valence-electron chi connectivity index (χ1n) is 4.85. The van der Waals surface area contributed by atoms with E-state index in [-0.39, 0.29) is 22.6 Å². The fraction of sp³-hybridized carbons (Fsp3) is 0.400.